The average Bonchev–Trinajstić information content (AvgIpc) is 2.38. The van der Waals surface area contributed by atoms with Gasteiger partial charge in [-0.3, -0.25) is 4.21 Å². The lowest BCUT2D eigenvalue weighted by Gasteiger charge is -2.26. The van der Waals surface area contributed by atoms with E-state index in [2.05, 4.69) is 0 Å². The Balaban J connectivity index is 2.47. The quantitative estimate of drug-likeness (QED) is 0.882. The molecule has 0 aromatic heterocycles. The fourth-order valence-electron chi connectivity index (χ4n) is 2.34. The van der Waals surface area contributed by atoms with Gasteiger partial charge in [0.1, 0.15) is 0 Å². The fraction of sp³-hybridized carbons (Fsp3) is 0.462. The van der Waals surface area contributed by atoms with Crippen LogP contribution in [0, 0.1) is 13.8 Å². The van der Waals surface area contributed by atoms with E-state index >= 15 is 0 Å². The van der Waals surface area contributed by atoms with Gasteiger partial charge in [-0.2, -0.15) is 4.31 Å². The van der Waals surface area contributed by atoms with E-state index in [4.69, 9.17) is 5.11 Å². The van der Waals surface area contributed by atoms with Crippen molar-refractivity contribution in [1.82, 2.24) is 4.31 Å². The van der Waals surface area contributed by atoms with Gasteiger partial charge in [-0.15, -0.1) is 0 Å². The first-order chi connectivity index (χ1) is 9.73. The molecule has 1 aromatic carbocycles. The van der Waals surface area contributed by atoms with Crippen molar-refractivity contribution in [3.63, 3.8) is 0 Å². The Morgan fingerprint density at radius 1 is 1.19 bits per heavy atom. The van der Waals surface area contributed by atoms with E-state index in [1.165, 1.54) is 10.4 Å². The SMILES string of the molecule is Cc1cc(C)c(S(=O)(=O)N2CCS(=O)CC2)cc1C(=O)O. The Morgan fingerprint density at radius 3 is 2.29 bits per heavy atom. The molecular formula is C13H17NO5S2. The van der Waals surface area contributed by atoms with Crippen molar-refractivity contribution in [2.24, 2.45) is 0 Å². The molecule has 1 aromatic rings. The first-order valence-electron chi connectivity index (χ1n) is 6.43. The highest BCUT2D eigenvalue weighted by atomic mass is 32.2. The second-order valence-electron chi connectivity index (χ2n) is 4.99. The molecule has 116 valence electrons. The Morgan fingerprint density at radius 2 is 1.76 bits per heavy atom. The summed E-state index contributed by atoms with van der Waals surface area (Å²) < 4.78 is 37.9. The van der Waals surface area contributed by atoms with Crippen LogP contribution in [-0.2, 0) is 20.8 Å². The van der Waals surface area contributed by atoms with Crippen molar-refractivity contribution in [2.75, 3.05) is 24.6 Å². The third kappa shape index (κ3) is 3.17. The van der Waals surface area contributed by atoms with Crippen molar-refractivity contribution in [3.8, 4) is 0 Å². The number of carboxylic acid groups (broad SMARTS) is 1. The van der Waals surface area contributed by atoms with Gasteiger partial charge in [-0.1, -0.05) is 6.07 Å². The summed E-state index contributed by atoms with van der Waals surface area (Å²) in [7, 11) is -4.73. The molecule has 2 rings (SSSR count). The minimum Gasteiger partial charge on any atom is -0.478 e. The highest BCUT2D eigenvalue weighted by molar-refractivity contribution is 7.89. The van der Waals surface area contributed by atoms with E-state index in [1.54, 1.807) is 19.9 Å². The van der Waals surface area contributed by atoms with Gasteiger partial charge in [0, 0.05) is 35.4 Å². The van der Waals surface area contributed by atoms with Gasteiger partial charge in [0.15, 0.2) is 0 Å². The van der Waals surface area contributed by atoms with Crippen LogP contribution in [0.15, 0.2) is 17.0 Å². The van der Waals surface area contributed by atoms with Gasteiger partial charge in [0.2, 0.25) is 10.0 Å². The molecule has 1 fully saturated rings. The molecule has 1 aliphatic rings. The Hall–Kier alpha value is -1.25. The largest absolute Gasteiger partial charge is 0.478 e. The number of sulfonamides is 1. The van der Waals surface area contributed by atoms with E-state index in [-0.39, 0.29) is 23.5 Å². The van der Waals surface area contributed by atoms with Crippen LogP contribution in [0.1, 0.15) is 21.5 Å². The molecule has 1 heterocycles. The first kappa shape index (κ1) is 16.1. The van der Waals surface area contributed by atoms with E-state index in [0.29, 0.717) is 22.6 Å². The molecule has 1 N–H and O–H groups in total. The Bertz CT molecular complexity index is 702. The minimum absolute atomic E-state index is 0.0122. The van der Waals surface area contributed by atoms with E-state index in [9.17, 15) is 17.4 Å². The van der Waals surface area contributed by atoms with Crippen LogP contribution in [0.3, 0.4) is 0 Å². The highest BCUT2D eigenvalue weighted by Crippen LogP contribution is 2.24. The van der Waals surface area contributed by atoms with Crippen molar-refractivity contribution >= 4 is 26.8 Å². The zero-order chi connectivity index (χ0) is 15.8. The molecular weight excluding hydrogens is 314 g/mol. The van der Waals surface area contributed by atoms with Crippen LogP contribution in [-0.4, -0.2) is 52.6 Å². The number of hydrogen-bond donors (Lipinski definition) is 1. The normalized spacial score (nSPS) is 17.8. The number of benzene rings is 1. The van der Waals surface area contributed by atoms with E-state index in [0.717, 1.165) is 0 Å². The Kier molecular flexibility index (Phi) is 4.50. The predicted octanol–water partition coefficient (Wildman–Crippen LogP) is 0.755. The van der Waals surface area contributed by atoms with Gasteiger partial charge in [0.25, 0.3) is 0 Å². The smallest absolute Gasteiger partial charge is 0.335 e. The van der Waals surface area contributed by atoms with Gasteiger partial charge < -0.3 is 5.11 Å². The molecule has 0 saturated carbocycles. The summed E-state index contributed by atoms with van der Waals surface area (Å²) in [5, 5.41) is 9.14. The monoisotopic (exact) mass is 331 g/mol. The molecule has 8 heteroatoms. The number of rotatable bonds is 3. The van der Waals surface area contributed by atoms with Crippen molar-refractivity contribution in [2.45, 2.75) is 18.7 Å². The van der Waals surface area contributed by atoms with E-state index < -0.39 is 26.8 Å². The van der Waals surface area contributed by atoms with Crippen LogP contribution < -0.4 is 0 Å². The molecule has 1 saturated heterocycles. The van der Waals surface area contributed by atoms with Gasteiger partial charge in [-0.05, 0) is 31.0 Å². The summed E-state index contributed by atoms with van der Waals surface area (Å²) in [6.07, 6.45) is 0. The van der Waals surface area contributed by atoms with Crippen molar-refractivity contribution in [3.05, 3.63) is 28.8 Å². The molecule has 0 amide bonds. The van der Waals surface area contributed by atoms with Crippen molar-refractivity contribution in [1.29, 1.82) is 0 Å². The van der Waals surface area contributed by atoms with Crippen LogP contribution in [0.2, 0.25) is 0 Å². The summed E-state index contributed by atoms with van der Waals surface area (Å²) in [5.41, 5.74) is 1.03. The summed E-state index contributed by atoms with van der Waals surface area (Å²) in [6.45, 7) is 3.68. The second kappa shape index (κ2) is 5.86. The Labute approximate surface area is 126 Å². The van der Waals surface area contributed by atoms with Crippen molar-refractivity contribution < 1.29 is 22.5 Å². The zero-order valence-corrected chi connectivity index (χ0v) is 13.5. The standard InChI is InChI=1S/C13H17NO5S2/c1-9-7-10(2)12(8-11(9)13(15)16)21(18,19)14-3-5-20(17)6-4-14/h7-8H,3-6H2,1-2H3,(H,15,16). The zero-order valence-electron chi connectivity index (χ0n) is 11.8. The molecule has 1 aliphatic heterocycles. The van der Waals surface area contributed by atoms with Gasteiger partial charge in [-0.25, -0.2) is 13.2 Å². The summed E-state index contributed by atoms with van der Waals surface area (Å²) >= 11 is 0. The molecule has 0 atom stereocenters. The maximum Gasteiger partial charge on any atom is 0.335 e. The molecule has 0 radical (unpaired) electrons. The molecule has 0 spiro atoms. The average molecular weight is 331 g/mol. The number of aromatic carboxylic acids is 1. The van der Waals surface area contributed by atoms with Crippen LogP contribution in [0.25, 0.3) is 0 Å². The lowest BCUT2D eigenvalue weighted by atomic mass is 10.1. The van der Waals surface area contributed by atoms with E-state index in [1.807, 2.05) is 0 Å². The molecule has 0 unspecified atom stereocenters. The van der Waals surface area contributed by atoms with Gasteiger partial charge in [0.05, 0.1) is 10.5 Å². The number of carbonyl (C=O) groups is 1. The molecule has 6 nitrogen and oxygen atoms in total. The van der Waals surface area contributed by atoms with Gasteiger partial charge >= 0.3 is 5.97 Å². The van der Waals surface area contributed by atoms with Crippen LogP contribution >= 0.6 is 0 Å². The lowest BCUT2D eigenvalue weighted by molar-refractivity contribution is 0.0696. The highest BCUT2D eigenvalue weighted by Gasteiger charge is 2.30. The second-order valence-corrected chi connectivity index (χ2v) is 8.59. The summed E-state index contributed by atoms with van der Waals surface area (Å²) in [4.78, 5) is 11.2. The predicted molar refractivity (Wildman–Crippen MR) is 79.5 cm³/mol. The molecule has 0 aliphatic carbocycles. The lowest BCUT2D eigenvalue weighted by Crippen LogP contribution is -2.42. The maximum absolute atomic E-state index is 12.6. The third-order valence-electron chi connectivity index (χ3n) is 3.51. The van der Waals surface area contributed by atoms with Crippen LogP contribution in [0.5, 0.6) is 0 Å². The third-order valence-corrected chi connectivity index (χ3v) is 6.82. The number of nitrogens with zero attached hydrogens (tertiary/aromatic N) is 1. The number of hydrogen-bond acceptors (Lipinski definition) is 4. The summed E-state index contributed by atoms with van der Waals surface area (Å²) in [6, 6.07) is 2.78. The van der Waals surface area contributed by atoms with Crippen LogP contribution in [0.4, 0.5) is 0 Å². The first-order valence-corrected chi connectivity index (χ1v) is 9.36. The summed E-state index contributed by atoms with van der Waals surface area (Å²) in [5.74, 6) is -0.519. The molecule has 21 heavy (non-hydrogen) atoms. The number of carboxylic acids is 1. The minimum atomic E-state index is -3.75. The fourth-order valence-corrected chi connectivity index (χ4v) is 5.30. The number of aryl methyl sites for hydroxylation is 2. The maximum atomic E-state index is 12.6. The topological polar surface area (TPSA) is 91.8 Å². The molecule has 0 bridgehead atoms.